The van der Waals surface area contributed by atoms with Crippen molar-refractivity contribution < 1.29 is 9.53 Å². The van der Waals surface area contributed by atoms with Crippen molar-refractivity contribution in [1.82, 2.24) is 0 Å². The first-order valence-electron chi connectivity index (χ1n) is 8.65. The molecule has 0 N–H and O–H groups in total. The van der Waals surface area contributed by atoms with Crippen LogP contribution in [-0.4, -0.2) is 18.0 Å². The zero-order valence-corrected chi connectivity index (χ0v) is 14.3. The molecule has 0 aromatic rings. The Kier molecular flexibility index (Phi) is 12.1. The van der Waals surface area contributed by atoms with E-state index >= 15 is 0 Å². The van der Waals surface area contributed by atoms with Crippen molar-refractivity contribution >= 4 is 5.78 Å². The van der Waals surface area contributed by atoms with Crippen molar-refractivity contribution in [3.63, 3.8) is 0 Å². The molecule has 0 saturated heterocycles. The zero-order chi connectivity index (χ0) is 15.3. The minimum Gasteiger partial charge on any atom is -0.368 e. The number of unbranched alkanes of at least 4 members (excludes halogenated alkanes) is 10. The van der Waals surface area contributed by atoms with Crippen molar-refractivity contribution in [1.29, 1.82) is 0 Å². The summed E-state index contributed by atoms with van der Waals surface area (Å²) in [7, 11) is 0. The summed E-state index contributed by atoms with van der Waals surface area (Å²) in [6.45, 7) is 8.28. The summed E-state index contributed by atoms with van der Waals surface area (Å²) in [5.41, 5.74) is -0.599. The molecule has 0 heterocycles. The summed E-state index contributed by atoms with van der Waals surface area (Å²) >= 11 is 0. The van der Waals surface area contributed by atoms with Gasteiger partial charge in [0.25, 0.3) is 0 Å². The second-order valence-electron chi connectivity index (χ2n) is 6.45. The van der Waals surface area contributed by atoms with E-state index in [1.54, 1.807) is 6.92 Å². The van der Waals surface area contributed by atoms with Gasteiger partial charge in [0.1, 0.15) is 5.60 Å². The summed E-state index contributed by atoms with van der Waals surface area (Å²) in [4.78, 5) is 11.3. The smallest absolute Gasteiger partial charge is 0.160 e. The average Bonchev–Trinajstić information content (AvgIpc) is 2.39. The molecule has 120 valence electrons. The topological polar surface area (TPSA) is 26.3 Å². The van der Waals surface area contributed by atoms with E-state index in [1.165, 1.54) is 64.2 Å². The first kappa shape index (κ1) is 19.6. The fourth-order valence-corrected chi connectivity index (χ4v) is 2.20. The summed E-state index contributed by atoms with van der Waals surface area (Å²) in [6, 6.07) is 0. The van der Waals surface area contributed by atoms with Gasteiger partial charge < -0.3 is 4.74 Å². The largest absolute Gasteiger partial charge is 0.368 e. The predicted octanol–water partition coefficient (Wildman–Crippen LogP) is 5.68. The molecule has 0 radical (unpaired) electrons. The fraction of sp³-hybridized carbons (Fsp3) is 0.944. The highest BCUT2D eigenvalue weighted by Crippen LogP contribution is 2.13. The van der Waals surface area contributed by atoms with E-state index in [9.17, 15) is 4.79 Å². The fourth-order valence-electron chi connectivity index (χ4n) is 2.20. The Morgan fingerprint density at radius 1 is 0.800 bits per heavy atom. The molecule has 0 aliphatic heterocycles. The van der Waals surface area contributed by atoms with Crippen LogP contribution < -0.4 is 0 Å². The summed E-state index contributed by atoms with van der Waals surface area (Å²) in [6.07, 6.45) is 14.7. The number of carbonyl (C=O) groups excluding carboxylic acids is 1. The van der Waals surface area contributed by atoms with Crippen LogP contribution in [0.4, 0.5) is 0 Å². The molecule has 20 heavy (non-hydrogen) atoms. The van der Waals surface area contributed by atoms with Gasteiger partial charge in [0.05, 0.1) is 0 Å². The van der Waals surface area contributed by atoms with Crippen LogP contribution in [0.1, 0.15) is 98.3 Å². The number of carbonyl (C=O) groups is 1. The van der Waals surface area contributed by atoms with Gasteiger partial charge in [-0.1, -0.05) is 71.1 Å². The Bertz CT molecular complexity index is 234. The summed E-state index contributed by atoms with van der Waals surface area (Å²) < 4.78 is 5.62. The monoisotopic (exact) mass is 284 g/mol. The van der Waals surface area contributed by atoms with E-state index in [0.717, 1.165) is 6.42 Å². The Balaban J connectivity index is 3.19. The normalized spacial score (nSPS) is 11.8. The molecule has 0 rings (SSSR count). The highest BCUT2D eigenvalue weighted by Gasteiger charge is 2.23. The summed E-state index contributed by atoms with van der Waals surface area (Å²) in [5, 5.41) is 0. The molecule has 0 aliphatic rings. The molecule has 2 heteroatoms. The van der Waals surface area contributed by atoms with E-state index in [1.807, 2.05) is 13.8 Å². The number of ketones is 1. The molecule has 0 spiro atoms. The van der Waals surface area contributed by atoms with Crippen LogP contribution in [0.2, 0.25) is 0 Å². The number of Topliss-reactive ketones (excluding diaryl/α,β-unsaturated/α-hetero) is 1. The minimum atomic E-state index is -0.599. The molecule has 2 nitrogen and oxygen atoms in total. The van der Waals surface area contributed by atoms with E-state index in [4.69, 9.17) is 4.74 Å². The summed E-state index contributed by atoms with van der Waals surface area (Å²) in [5.74, 6) is 0.112. The number of hydrogen-bond acceptors (Lipinski definition) is 2. The van der Waals surface area contributed by atoms with Crippen LogP contribution in [0.15, 0.2) is 0 Å². The van der Waals surface area contributed by atoms with Gasteiger partial charge in [0.2, 0.25) is 0 Å². The molecule has 0 bridgehead atoms. The first-order valence-corrected chi connectivity index (χ1v) is 8.65. The SMILES string of the molecule is CCCCCCCCCCCCCOC(C)(C)C(C)=O. The quantitative estimate of drug-likeness (QED) is 0.383. The van der Waals surface area contributed by atoms with E-state index in [-0.39, 0.29) is 5.78 Å². The third-order valence-corrected chi connectivity index (χ3v) is 4.06. The lowest BCUT2D eigenvalue weighted by Crippen LogP contribution is -2.33. The van der Waals surface area contributed by atoms with Crippen LogP contribution in [0.25, 0.3) is 0 Å². The molecule has 0 amide bonds. The highest BCUT2D eigenvalue weighted by molar-refractivity contribution is 5.83. The standard InChI is InChI=1S/C18H36O2/c1-5-6-7-8-9-10-11-12-13-14-15-16-20-18(3,4)17(2)19/h5-16H2,1-4H3. The van der Waals surface area contributed by atoms with Gasteiger partial charge in [-0.05, 0) is 27.2 Å². The maximum atomic E-state index is 11.3. The molecular formula is C18H36O2. The predicted molar refractivity (Wildman–Crippen MR) is 87.2 cm³/mol. The van der Waals surface area contributed by atoms with Gasteiger partial charge in [-0.3, -0.25) is 4.79 Å². The van der Waals surface area contributed by atoms with Gasteiger partial charge in [-0.15, -0.1) is 0 Å². The Morgan fingerprint density at radius 3 is 1.60 bits per heavy atom. The van der Waals surface area contributed by atoms with Crippen LogP contribution in [-0.2, 0) is 9.53 Å². The minimum absolute atomic E-state index is 0.112. The second kappa shape index (κ2) is 12.4. The van der Waals surface area contributed by atoms with E-state index < -0.39 is 5.60 Å². The van der Waals surface area contributed by atoms with Crippen LogP contribution in [0.5, 0.6) is 0 Å². The molecule has 0 aromatic carbocycles. The molecule has 0 aromatic heterocycles. The lowest BCUT2D eigenvalue weighted by atomic mass is 10.0. The molecule has 0 saturated carbocycles. The Morgan fingerprint density at radius 2 is 1.20 bits per heavy atom. The lowest BCUT2D eigenvalue weighted by molar-refractivity contribution is -0.138. The zero-order valence-electron chi connectivity index (χ0n) is 14.3. The average molecular weight is 284 g/mol. The van der Waals surface area contributed by atoms with Gasteiger partial charge >= 0.3 is 0 Å². The van der Waals surface area contributed by atoms with Crippen LogP contribution >= 0.6 is 0 Å². The number of rotatable bonds is 14. The maximum Gasteiger partial charge on any atom is 0.160 e. The molecule has 0 unspecified atom stereocenters. The van der Waals surface area contributed by atoms with Crippen molar-refractivity contribution in [3.05, 3.63) is 0 Å². The van der Waals surface area contributed by atoms with Gasteiger partial charge in [0, 0.05) is 6.61 Å². The highest BCUT2D eigenvalue weighted by atomic mass is 16.5. The number of ether oxygens (including phenoxy) is 1. The third-order valence-electron chi connectivity index (χ3n) is 4.06. The van der Waals surface area contributed by atoms with Gasteiger partial charge in [-0.2, -0.15) is 0 Å². The van der Waals surface area contributed by atoms with Crippen molar-refractivity contribution in [3.8, 4) is 0 Å². The van der Waals surface area contributed by atoms with Crippen molar-refractivity contribution in [2.45, 2.75) is 104 Å². The Hall–Kier alpha value is -0.370. The van der Waals surface area contributed by atoms with Crippen molar-refractivity contribution in [2.75, 3.05) is 6.61 Å². The lowest BCUT2D eigenvalue weighted by Gasteiger charge is -2.21. The van der Waals surface area contributed by atoms with E-state index in [2.05, 4.69) is 6.92 Å². The Labute approximate surface area is 126 Å². The molecular weight excluding hydrogens is 248 g/mol. The molecule has 0 aliphatic carbocycles. The van der Waals surface area contributed by atoms with E-state index in [0.29, 0.717) is 6.61 Å². The first-order chi connectivity index (χ1) is 9.50. The van der Waals surface area contributed by atoms with Crippen molar-refractivity contribution in [2.24, 2.45) is 0 Å². The van der Waals surface area contributed by atoms with Gasteiger partial charge in [0.15, 0.2) is 5.78 Å². The second-order valence-corrected chi connectivity index (χ2v) is 6.45. The van der Waals surface area contributed by atoms with Gasteiger partial charge in [-0.25, -0.2) is 0 Å². The molecule has 0 fully saturated rings. The van der Waals surface area contributed by atoms with Crippen LogP contribution in [0.3, 0.4) is 0 Å². The van der Waals surface area contributed by atoms with Crippen LogP contribution in [0, 0.1) is 0 Å². The maximum absolute atomic E-state index is 11.3. The molecule has 0 atom stereocenters. The number of hydrogen-bond donors (Lipinski definition) is 0. The third kappa shape index (κ3) is 11.5.